The molecule has 4 heteroatoms. The topological polar surface area (TPSA) is 24.1 Å². The van der Waals surface area contributed by atoms with Crippen LogP contribution in [0, 0.1) is 3.57 Å². The third-order valence-corrected chi connectivity index (χ3v) is 5.18. The van der Waals surface area contributed by atoms with Gasteiger partial charge < -0.3 is 10.6 Å². The van der Waals surface area contributed by atoms with Gasteiger partial charge in [0.15, 0.2) is 5.11 Å². The van der Waals surface area contributed by atoms with E-state index in [1.54, 1.807) is 0 Å². The maximum atomic E-state index is 5.57. The molecule has 0 aliphatic heterocycles. The SMILES string of the molecule is CC(C)c1cc(I)cc(C(C)C)c1NC(=S)NC1CCCC1. The van der Waals surface area contributed by atoms with E-state index in [9.17, 15) is 0 Å². The Bertz CT molecular complexity index is 505. The molecule has 1 fully saturated rings. The zero-order valence-electron chi connectivity index (χ0n) is 14.0. The lowest BCUT2D eigenvalue weighted by atomic mass is 9.93. The zero-order chi connectivity index (χ0) is 16.3. The highest BCUT2D eigenvalue weighted by atomic mass is 127. The van der Waals surface area contributed by atoms with Gasteiger partial charge in [-0.3, -0.25) is 0 Å². The van der Waals surface area contributed by atoms with Gasteiger partial charge in [0.05, 0.1) is 0 Å². The quantitative estimate of drug-likeness (QED) is 0.469. The van der Waals surface area contributed by atoms with Crippen molar-refractivity contribution in [1.82, 2.24) is 5.32 Å². The average Bonchev–Trinajstić information content (AvgIpc) is 2.92. The minimum atomic E-state index is 0.476. The first kappa shape index (κ1) is 18.0. The summed E-state index contributed by atoms with van der Waals surface area (Å²) in [4.78, 5) is 0. The fourth-order valence-electron chi connectivity index (χ4n) is 3.11. The Morgan fingerprint density at radius 1 is 1.09 bits per heavy atom. The van der Waals surface area contributed by atoms with Crippen LogP contribution in [-0.4, -0.2) is 11.2 Å². The summed E-state index contributed by atoms with van der Waals surface area (Å²) < 4.78 is 1.30. The molecule has 0 radical (unpaired) electrons. The molecule has 1 aromatic rings. The van der Waals surface area contributed by atoms with Gasteiger partial charge in [0.25, 0.3) is 0 Å². The molecule has 0 atom stereocenters. The van der Waals surface area contributed by atoms with Gasteiger partial charge in [-0.1, -0.05) is 40.5 Å². The Morgan fingerprint density at radius 2 is 1.59 bits per heavy atom. The number of nitrogens with one attached hydrogen (secondary N) is 2. The lowest BCUT2D eigenvalue weighted by Crippen LogP contribution is -2.36. The zero-order valence-corrected chi connectivity index (χ0v) is 17.0. The van der Waals surface area contributed by atoms with Gasteiger partial charge >= 0.3 is 0 Å². The second kappa shape index (κ2) is 7.95. The van der Waals surface area contributed by atoms with Crippen LogP contribution < -0.4 is 10.6 Å². The molecule has 0 aromatic heterocycles. The minimum absolute atomic E-state index is 0.476. The summed E-state index contributed by atoms with van der Waals surface area (Å²) in [6, 6.07) is 5.10. The summed E-state index contributed by atoms with van der Waals surface area (Å²) in [6.07, 6.45) is 5.11. The molecule has 0 saturated heterocycles. The van der Waals surface area contributed by atoms with Crippen LogP contribution in [0.4, 0.5) is 5.69 Å². The van der Waals surface area contributed by atoms with Crippen LogP contribution >= 0.6 is 34.8 Å². The molecule has 1 aliphatic carbocycles. The smallest absolute Gasteiger partial charge is 0.171 e. The second-order valence-electron chi connectivity index (χ2n) is 6.85. The van der Waals surface area contributed by atoms with E-state index in [0.717, 1.165) is 5.11 Å². The summed E-state index contributed by atoms with van der Waals surface area (Å²) >= 11 is 7.99. The molecule has 1 saturated carbocycles. The van der Waals surface area contributed by atoms with E-state index in [1.165, 1.54) is 46.1 Å². The molecular weight excluding hydrogens is 403 g/mol. The molecule has 22 heavy (non-hydrogen) atoms. The Morgan fingerprint density at radius 3 is 2.05 bits per heavy atom. The number of rotatable bonds is 4. The summed E-state index contributed by atoms with van der Waals surface area (Å²) in [5.74, 6) is 0.952. The molecule has 122 valence electrons. The molecule has 0 heterocycles. The van der Waals surface area contributed by atoms with Crippen molar-refractivity contribution in [3.05, 3.63) is 26.8 Å². The van der Waals surface area contributed by atoms with Crippen LogP contribution in [0.25, 0.3) is 0 Å². The number of anilines is 1. The number of hydrogen-bond donors (Lipinski definition) is 2. The summed E-state index contributed by atoms with van der Waals surface area (Å²) in [7, 11) is 0. The Hall–Kier alpha value is -0.360. The summed E-state index contributed by atoms with van der Waals surface area (Å²) in [5, 5.41) is 7.78. The van der Waals surface area contributed by atoms with Gasteiger partial charge in [0, 0.05) is 15.3 Å². The standard InChI is InChI=1S/C18H27IN2S/c1-11(2)15-9-13(19)10-16(12(3)4)17(15)21-18(22)20-14-7-5-6-8-14/h9-12,14H,5-8H2,1-4H3,(H2,20,21,22). The lowest BCUT2D eigenvalue weighted by molar-refractivity contribution is 0.634. The minimum Gasteiger partial charge on any atom is -0.360 e. The largest absolute Gasteiger partial charge is 0.360 e. The molecule has 0 unspecified atom stereocenters. The Kier molecular flexibility index (Phi) is 6.50. The van der Waals surface area contributed by atoms with Crippen LogP contribution in [0.15, 0.2) is 12.1 Å². The van der Waals surface area contributed by atoms with Crippen molar-refractivity contribution in [3.63, 3.8) is 0 Å². The van der Waals surface area contributed by atoms with Crippen LogP contribution in [0.3, 0.4) is 0 Å². The number of hydrogen-bond acceptors (Lipinski definition) is 1. The van der Waals surface area contributed by atoms with E-state index in [2.05, 4.69) is 73.1 Å². The fraction of sp³-hybridized carbons (Fsp3) is 0.611. The maximum Gasteiger partial charge on any atom is 0.171 e. The van der Waals surface area contributed by atoms with Crippen LogP contribution in [-0.2, 0) is 0 Å². The third-order valence-electron chi connectivity index (χ3n) is 4.34. The van der Waals surface area contributed by atoms with Crippen molar-refractivity contribution >= 4 is 45.6 Å². The molecule has 2 N–H and O–H groups in total. The monoisotopic (exact) mass is 430 g/mol. The van der Waals surface area contributed by atoms with Crippen molar-refractivity contribution in [2.24, 2.45) is 0 Å². The van der Waals surface area contributed by atoms with Crippen LogP contribution in [0.5, 0.6) is 0 Å². The fourth-order valence-corrected chi connectivity index (χ4v) is 4.05. The van der Waals surface area contributed by atoms with Crippen molar-refractivity contribution in [2.75, 3.05) is 5.32 Å². The van der Waals surface area contributed by atoms with Gasteiger partial charge in [-0.05, 0) is 82.7 Å². The highest BCUT2D eigenvalue weighted by molar-refractivity contribution is 14.1. The van der Waals surface area contributed by atoms with E-state index < -0.39 is 0 Å². The van der Waals surface area contributed by atoms with Crippen molar-refractivity contribution in [3.8, 4) is 0 Å². The second-order valence-corrected chi connectivity index (χ2v) is 8.50. The first-order chi connectivity index (χ1) is 10.4. The van der Waals surface area contributed by atoms with Gasteiger partial charge in [-0.2, -0.15) is 0 Å². The number of halogens is 1. The molecule has 0 amide bonds. The van der Waals surface area contributed by atoms with Crippen molar-refractivity contribution < 1.29 is 0 Å². The van der Waals surface area contributed by atoms with Crippen molar-refractivity contribution in [1.29, 1.82) is 0 Å². The van der Waals surface area contributed by atoms with Gasteiger partial charge in [0.2, 0.25) is 0 Å². The first-order valence-electron chi connectivity index (χ1n) is 8.29. The maximum absolute atomic E-state index is 5.57. The normalized spacial score (nSPS) is 15.6. The Labute approximate surface area is 154 Å². The molecule has 1 aromatic carbocycles. The van der Waals surface area contributed by atoms with E-state index in [0.29, 0.717) is 17.9 Å². The third kappa shape index (κ3) is 4.57. The van der Waals surface area contributed by atoms with E-state index in [4.69, 9.17) is 12.2 Å². The van der Waals surface area contributed by atoms with Gasteiger partial charge in [-0.25, -0.2) is 0 Å². The molecular formula is C18H27IN2S. The number of thiocarbonyl (C=S) groups is 1. The van der Waals surface area contributed by atoms with Crippen LogP contribution in [0.2, 0.25) is 0 Å². The van der Waals surface area contributed by atoms with E-state index >= 15 is 0 Å². The first-order valence-corrected chi connectivity index (χ1v) is 9.78. The van der Waals surface area contributed by atoms with Crippen LogP contribution in [0.1, 0.15) is 76.3 Å². The Balaban J connectivity index is 2.25. The van der Waals surface area contributed by atoms with Crippen molar-refractivity contribution in [2.45, 2.75) is 71.3 Å². The van der Waals surface area contributed by atoms with Gasteiger partial charge in [-0.15, -0.1) is 0 Å². The number of benzene rings is 1. The molecule has 2 rings (SSSR count). The highest BCUT2D eigenvalue weighted by Gasteiger charge is 2.19. The van der Waals surface area contributed by atoms with E-state index in [1.807, 2.05) is 0 Å². The summed E-state index contributed by atoms with van der Waals surface area (Å²) in [5.41, 5.74) is 3.92. The molecule has 1 aliphatic rings. The predicted octanol–water partition coefficient (Wildman–Crippen LogP) is 5.77. The lowest BCUT2D eigenvalue weighted by Gasteiger charge is -2.23. The molecule has 0 bridgehead atoms. The molecule has 0 spiro atoms. The predicted molar refractivity (Wildman–Crippen MR) is 109 cm³/mol. The average molecular weight is 430 g/mol. The van der Waals surface area contributed by atoms with Gasteiger partial charge in [0.1, 0.15) is 0 Å². The highest BCUT2D eigenvalue weighted by Crippen LogP contribution is 2.34. The summed E-state index contributed by atoms with van der Waals surface area (Å²) in [6.45, 7) is 8.98. The molecule has 2 nitrogen and oxygen atoms in total. The van der Waals surface area contributed by atoms with E-state index in [-0.39, 0.29) is 0 Å².